The van der Waals surface area contributed by atoms with Crippen molar-refractivity contribution in [3.8, 4) is 0 Å². The first-order chi connectivity index (χ1) is 9.13. The van der Waals surface area contributed by atoms with E-state index in [4.69, 9.17) is 0 Å². The van der Waals surface area contributed by atoms with Gasteiger partial charge in [-0.05, 0) is 25.5 Å². The predicted octanol–water partition coefficient (Wildman–Crippen LogP) is 3.12. The fourth-order valence-electron chi connectivity index (χ4n) is 2.20. The molecule has 0 aliphatic carbocycles. The number of thiophene rings is 1. The minimum atomic E-state index is 0.0378. The summed E-state index contributed by atoms with van der Waals surface area (Å²) in [5, 5.41) is 0.720. The van der Waals surface area contributed by atoms with E-state index in [2.05, 4.69) is 24.0 Å². The largest absolute Gasteiger partial charge is 0.294 e. The van der Waals surface area contributed by atoms with E-state index in [1.807, 2.05) is 25.1 Å². The SMILES string of the molecule is Cc1cccc(Cn2cnc3sc(C)cc3c2=O)c1. The van der Waals surface area contributed by atoms with Crippen LogP contribution in [0.2, 0.25) is 0 Å². The number of aromatic nitrogens is 2. The second-order valence-corrected chi connectivity index (χ2v) is 5.98. The Labute approximate surface area is 115 Å². The van der Waals surface area contributed by atoms with Gasteiger partial charge in [0.2, 0.25) is 0 Å². The highest BCUT2D eigenvalue weighted by Gasteiger charge is 2.07. The molecule has 0 spiro atoms. The maximum atomic E-state index is 12.4. The van der Waals surface area contributed by atoms with E-state index in [0.29, 0.717) is 6.54 Å². The zero-order chi connectivity index (χ0) is 13.4. The molecule has 1 aromatic carbocycles. The fraction of sp³-hybridized carbons (Fsp3) is 0.200. The predicted molar refractivity (Wildman–Crippen MR) is 78.9 cm³/mol. The Balaban J connectivity index is 2.06. The highest BCUT2D eigenvalue weighted by Crippen LogP contribution is 2.19. The number of rotatable bonds is 2. The summed E-state index contributed by atoms with van der Waals surface area (Å²) in [6, 6.07) is 10.1. The molecule has 0 amide bonds. The van der Waals surface area contributed by atoms with Crippen LogP contribution in [0, 0.1) is 13.8 Å². The van der Waals surface area contributed by atoms with Crippen molar-refractivity contribution >= 4 is 21.6 Å². The van der Waals surface area contributed by atoms with Gasteiger partial charge in [0.15, 0.2) is 0 Å². The van der Waals surface area contributed by atoms with Gasteiger partial charge in [0, 0.05) is 4.88 Å². The van der Waals surface area contributed by atoms with Crippen LogP contribution >= 0.6 is 11.3 Å². The molecular weight excluding hydrogens is 256 g/mol. The Morgan fingerprint density at radius 3 is 2.89 bits per heavy atom. The third kappa shape index (κ3) is 2.31. The Morgan fingerprint density at radius 2 is 2.11 bits per heavy atom. The number of aryl methyl sites for hydroxylation is 2. The van der Waals surface area contributed by atoms with Crippen LogP contribution in [0.15, 0.2) is 41.5 Å². The molecule has 96 valence electrons. The van der Waals surface area contributed by atoms with E-state index >= 15 is 0 Å². The van der Waals surface area contributed by atoms with Gasteiger partial charge in [-0.3, -0.25) is 9.36 Å². The van der Waals surface area contributed by atoms with Gasteiger partial charge in [-0.1, -0.05) is 29.8 Å². The first-order valence-corrected chi connectivity index (χ1v) is 6.96. The van der Waals surface area contributed by atoms with Crippen molar-refractivity contribution < 1.29 is 0 Å². The van der Waals surface area contributed by atoms with E-state index in [-0.39, 0.29) is 5.56 Å². The molecule has 0 unspecified atom stereocenters. The lowest BCUT2D eigenvalue weighted by molar-refractivity contribution is 0.749. The van der Waals surface area contributed by atoms with Crippen LogP contribution < -0.4 is 5.56 Å². The topological polar surface area (TPSA) is 34.9 Å². The molecule has 4 heteroatoms. The molecule has 0 N–H and O–H groups in total. The summed E-state index contributed by atoms with van der Waals surface area (Å²) in [5.41, 5.74) is 2.36. The lowest BCUT2D eigenvalue weighted by Gasteiger charge is -2.06. The summed E-state index contributed by atoms with van der Waals surface area (Å²) in [6.07, 6.45) is 1.64. The molecule has 0 saturated carbocycles. The number of hydrogen-bond donors (Lipinski definition) is 0. The highest BCUT2D eigenvalue weighted by molar-refractivity contribution is 7.18. The Morgan fingerprint density at radius 1 is 1.26 bits per heavy atom. The van der Waals surface area contributed by atoms with Crippen LogP contribution in [0.4, 0.5) is 0 Å². The van der Waals surface area contributed by atoms with E-state index in [1.165, 1.54) is 5.56 Å². The van der Waals surface area contributed by atoms with Crippen LogP contribution in [0.5, 0.6) is 0 Å². The minimum absolute atomic E-state index is 0.0378. The quantitative estimate of drug-likeness (QED) is 0.717. The molecule has 0 saturated heterocycles. The number of hydrogen-bond acceptors (Lipinski definition) is 3. The third-order valence-corrected chi connectivity index (χ3v) is 4.04. The lowest BCUT2D eigenvalue weighted by atomic mass is 10.1. The summed E-state index contributed by atoms with van der Waals surface area (Å²) in [6.45, 7) is 4.62. The average molecular weight is 270 g/mol. The fourth-order valence-corrected chi connectivity index (χ4v) is 3.04. The van der Waals surface area contributed by atoms with Gasteiger partial charge < -0.3 is 0 Å². The molecule has 3 nitrogen and oxygen atoms in total. The maximum Gasteiger partial charge on any atom is 0.262 e. The summed E-state index contributed by atoms with van der Waals surface area (Å²) in [5.74, 6) is 0. The summed E-state index contributed by atoms with van der Waals surface area (Å²) >= 11 is 1.56. The van der Waals surface area contributed by atoms with Crippen molar-refractivity contribution in [2.45, 2.75) is 20.4 Å². The van der Waals surface area contributed by atoms with E-state index in [0.717, 1.165) is 20.7 Å². The first-order valence-electron chi connectivity index (χ1n) is 6.14. The molecule has 0 bridgehead atoms. The Kier molecular flexibility index (Phi) is 2.95. The molecule has 2 heterocycles. The van der Waals surface area contributed by atoms with Gasteiger partial charge in [-0.15, -0.1) is 11.3 Å². The monoisotopic (exact) mass is 270 g/mol. The van der Waals surface area contributed by atoms with Crippen molar-refractivity contribution in [1.29, 1.82) is 0 Å². The minimum Gasteiger partial charge on any atom is -0.294 e. The summed E-state index contributed by atoms with van der Waals surface area (Å²) in [4.78, 5) is 18.7. The average Bonchev–Trinajstić information content (AvgIpc) is 2.75. The summed E-state index contributed by atoms with van der Waals surface area (Å²) < 4.78 is 1.67. The first kappa shape index (κ1) is 12.1. The van der Waals surface area contributed by atoms with Gasteiger partial charge in [-0.25, -0.2) is 4.98 Å². The van der Waals surface area contributed by atoms with Crippen molar-refractivity contribution in [1.82, 2.24) is 9.55 Å². The number of nitrogens with zero attached hydrogens (tertiary/aromatic N) is 2. The normalized spacial score (nSPS) is 11.1. The van der Waals surface area contributed by atoms with Crippen LogP contribution in [-0.4, -0.2) is 9.55 Å². The molecule has 3 aromatic rings. The zero-order valence-corrected chi connectivity index (χ0v) is 11.7. The number of benzene rings is 1. The van der Waals surface area contributed by atoms with Gasteiger partial charge in [0.1, 0.15) is 4.83 Å². The molecule has 0 fully saturated rings. The highest BCUT2D eigenvalue weighted by atomic mass is 32.1. The smallest absolute Gasteiger partial charge is 0.262 e. The Hall–Kier alpha value is -1.94. The van der Waals surface area contributed by atoms with Crippen molar-refractivity contribution in [3.63, 3.8) is 0 Å². The number of fused-ring (bicyclic) bond motifs is 1. The second kappa shape index (κ2) is 4.63. The maximum absolute atomic E-state index is 12.4. The van der Waals surface area contributed by atoms with Crippen LogP contribution in [0.3, 0.4) is 0 Å². The molecule has 19 heavy (non-hydrogen) atoms. The molecule has 2 aromatic heterocycles. The molecule has 0 radical (unpaired) electrons. The van der Waals surface area contributed by atoms with Crippen molar-refractivity contribution in [2.75, 3.05) is 0 Å². The van der Waals surface area contributed by atoms with Crippen molar-refractivity contribution in [3.05, 3.63) is 63.0 Å². The zero-order valence-electron chi connectivity index (χ0n) is 10.9. The second-order valence-electron chi connectivity index (χ2n) is 4.74. The van der Waals surface area contributed by atoms with Crippen LogP contribution in [-0.2, 0) is 6.54 Å². The van der Waals surface area contributed by atoms with Gasteiger partial charge >= 0.3 is 0 Å². The van der Waals surface area contributed by atoms with Gasteiger partial charge in [0.05, 0.1) is 18.3 Å². The molecule has 0 aliphatic heterocycles. The standard InChI is InChI=1S/C15H14N2OS/c1-10-4-3-5-12(6-10)8-17-9-16-14-13(15(17)18)7-11(2)19-14/h3-7,9H,8H2,1-2H3. The van der Waals surface area contributed by atoms with E-state index in [1.54, 1.807) is 22.2 Å². The van der Waals surface area contributed by atoms with Crippen LogP contribution in [0.1, 0.15) is 16.0 Å². The van der Waals surface area contributed by atoms with Gasteiger partial charge in [0.25, 0.3) is 5.56 Å². The lowest BCUT2D eigenvalue weighted by Crippen LogP contribution is -2.20. The molecule has 0 aliphatic rings. The third-order valence-electron chi connectivity index (χ3n) is 3.08. The van der Waals surface area contributed by atoms with Crippen LogP contribution in [0.25, 0.3) is 10.2 Å². The summed E-state index contributed by atoms with van der Waals surface area (Å²) in [7, 11) is 0. The van der Waals surface area contributed by atoms with E-state index in [9.17, 15) is 4.79 Å². The van der Waals surface area contributed by atoms with Crippen molar-refractivity contribution in [2.24, 2.45) is 0 Å². The molecular formula is C15H14N2OS. The molecule has 3 rings (SSSR count). The Bertz CT molecular complexity index is 801. The van der Waals surface area contributed by atoms with Gasteiger partial charge in [-0.2, -0.15) is 0 Å². The van der Waals surface area contributed by atoms with E-state index < -0.39 is 0 Å². The molecule has 0 atom stereocenters.